The minimum atomic E-state index is -0.277. The third-order valence-electron chi connectivity index (χ3n) is 3.23. The summed E-state index contributed by atoms with van der Waals surface area (Å²) >= 11 is 0. The zero-order valence-corrected chi connectivity index (χ0v) is 9.75. The summed E-state index contributed by atoms with van der Waals surface area (Å²) in [6, 6.07) is 3.64. The highest BCUT2D eigenvalue weighted by Crippen LogP contribution is 2.26. The molecule has 2 heterocycles. The summed E-state index contributed by atoms with van der Waals surface area (Å²) in [5, 5.41) is 6.21. The second-order valence-corrected chi connectivity index (χ2v) is 4.70. The van der Waals surface area contributed by atoms with Gasteiger partial charge in [-0.1, -0.05) is 0 Å². The molecule has 0 aromatic carbocycles. The van der Waals surface area contributed by atoms with E-state index in [9.17, 15) is 4.79 Å². The molecule has 0 saturated carbocycles. The number of rotatable bonds is 3. The van der Waals surface area contributed by atoms with Gasteiger partial charge >= 0.3 is 0 Å². The minimum Gasteiger partial charge on any atom is -0.467 e. The Hall–Kier alpha value is -1.29. The van der Waals surface area contributed by atoms with Crippen molar-refractivity contribution >= 4 is 5.91 Å². The highest BCUT2D eigenvalue weighted by molar-refractivity contribution is 5.83. The lowest BCUT2D eigenvalue weighted by Gasteiger charge is -2.23. The van der Waals surface area contributed by atoms with Gasteiger partial charge in [-0.3, -0.25) is 4.79 Å². The molecule has 0 bridgehead atoms. The van der Waals surface area contributed by atoms with E-state index >= 15 is 0 Å². The van der Waals surface area contributed by atoms with Gasteiger partial charge in [0.05, 0.1) is 17.7 Å². The molecule has 1 fully saturated rings. The fourth-order valence-electron chi connectivity index (χ4n) is 1.99. The van der Waals surface area contributed by atoms with Crippen LogP contribution in [0.15, 0.2) is 22.8 Å². The molecule has 1 aromatic rings. The summed E-state index contributed by atoms with van der Waals surface area (Å²) in [5.74, 6) is 0.893. The van der Waals surface area contributed by atoms with Crippen LogP contribution in [-0.4, -0.2) is 19.0 Å². The zero-order chi connectivity index (χ0) is 11.6. The number of hydrogen-bond acceptors (Lipinski definition) is 3. The molecule has 1 aromatic heterocycles. The highest BCUT2D eigenvalue weighted by Gasteiger charge is 2.36. The van der Waals surface area contributed by atoms with Gasteiger partial charge in [0.15, 0.2) is 0 Å². The van der Waals surface area contributed by atoms with Crippen molar-refractivity contribution in [3.63, 3.8) is 0 Å². The second kappa shape index (κ2) is 4.29. The van der Waals surface area contributed by atoms with Crippen LogP contribution >= 0.6 is 0 Å². The first-order valence-electron chi connectivity index (χ1n) is 5.67. The Bertz CT molecular complexity index is 353. The molecule has 16 heavy (non-hydrogen) atoms. The van der Waals surface area contributed by atoms with Crippen LogP contribution in [0.4, 0.5) is 0 Å². The molecule has 2 N–H and O–H groups in total. The maximum atomic E-state index is 12.1. The molecule has 1 amide bonds. The summed E-state index contributed by atoms with van der Waals surface area (Å²) in [7, 11) is 0. The van der Waals surface area contributed by atoms with E-state index < -0.39 is 0 Å². The Balaban J connectivity index is 1.97. The molecule has 1 unspecified atom stereocenters. The summed E-state index contributed by atoms with van der Waals surface area (Å²) in [6.45, 7) is 5.60. The van der Waals surface area contributed by atoms with E-state index in [0.29, 0.717) is 0 Å². The van der Waals surface area contributed by atoms with Gasteiger partial charge in [0.2, 0.25) is 5.91 Å². The van der Waals surface area contributed by atoms with E-state index in [-0.39, 0.29) is 17.4 Å². The van der Waals surface area contributed by atoms with Gasteiger partial charge in [0, 0.05) is 6.54 Å². The van der Waals surface area contributed by atoms with Crippen LogP contribution in [-0.2, 0) is 4.79 Å². The van der Waals surface area contributed by atoms with Crippen molar-refractivity contribution in [2.24, 2.45) is 5.41 Å². The fraction of sp³-hybridized carbons (Fsp3) is 0.583. The van der Waals surface area contributed by atoms with Gasteiger partial charge in [-0.15, -0.1) is 0 Å². The Morgan fingerprint density at radius 1 is 1.69 bits per heavy atom. The van der Waals surface area contributed by atoms with E-state index in [4.69, 9.17) is 4.42 Å². The standard InChI is InChI=1S/C12H18N2O2/c1-9(10-4-3-7-16-10)14-11(15)12(2)5-6-13-8-12/h3-4,7,9,13H,5-6,8H2,1-2H3,(H,14,15)/t9-,12?/m1/s1. The number of carbonyl (C=O) groups excluding carboxylic acids is 1. The van der Waals surface area contributed by atoms with E-state index in [0.717, 1.165) is 25.3 Å². The van der Waals surface area contributed by atoms with E-state index in [1.54, 1.807) is 6.26 Å². The normalized spacial score (nSPS) is 26.6. The number of amides is 1. The minimum absolute atomic E-state index is 0.0695. The third kappa shape index (κ3) is 2.11. The van der Waals surface area contributed by atoms with Gasteiger partial charge in [-0.05, 0) is 38.9 Å². The average Bonchev–Trinajstić information content (AvgIpc) is 2.88. The van der Waals surface area contributed by atoms with Crippen molar-refractivity contribution in [3.8, 4) is 0 Å². The lowest BCUT2D eigenvalue weighted by atomic mass is 9.88. The third-order valence-corrected chi connectivity index (χ3v) is 3.23. The summed E-state index contributed by atoms with van der Waals surface area (Å²) < 4.78 is 5.26. The molecule has 0 aliphatic carbocycles. The van der Waals surface area contributed by atoms with Gasteiger partial charge in [-0.2, -0.15) is 0 Å². The SMILES string of the molecule is C[C@@H](NC(=O)C1(C)CCNC1)c1ccco1. The van der Waals surface area contributed by atoms with Crippen LogP contribution in [0.1, 0.15) is 32.1 Å². The van der Waals surface area contributed by atoms with Crippen LogP contribution in [0, 0.1) is 5.41 Å². The summed E-state index contributed by atoms with van der Waals surface area (Å²) in [5.41, 5.74) is -0.277. The van der Waals surface area contributed by atoms with Crippen molar-refractivity contribution in [3.05, 3.63) is 24.2 Å². The molecule has 1 aliphatic rings. The number of hydrogen-bond donors (Lipinski definition) is 2. The number of furan rings is 1. The first-order chi connectivity index (χ1) is 7.62. The van der Waals surface area contributed by atoms with Gasteiger partial charge in [0.1, 0.15) is 5.76 Å². The van der Waals surface area contributed by atoms with Crippen LogP contribution < -0.4 is 10.6 Å². The number of nitrogens with one attached hydrogen (secondary N) is 2. The molecular formula is C12H18N2O2. The monoisotopic (exact) mass is 222 g/mol. The molecule has 0 spiro atoms. The average molecular weight is 222 g/mol. The zero-order valence-electron chi connectivity index (χ0n) is 9.75. The Labute approximate surface area is 95.4 Å². The van der Waals surface area contributed by atoms with Crippen LogP contribution in [0.3, 0.4) is 0 Å². The molecule has 4 heteroatoms. The molecule has 2 atom stereocenters. The molecule has 4 nitrogen and oxygen atoms in total. The van der Waals surface area contributed by atoms with E-state index in [2.05, 4.69) is 10.6 Å². The Morgan fingerprint density at radius 3 is 3.06 bits per heavy atom. The molecule has 2 rings (SSSR count). The lowest BCUT2D eigenvalue weighted by Crippen LogP contribution is -2.41. The van der Waals surface area contributed by atoms with Crippen LogP contribution in [0.2, 0.25) is 0 Å². The van der Waals surface area contributed by atoms with Crippen LogP contribution in [0.25, 0.3) is 0 Å². The van der Waals surface area contributed by atoms with Crippen molar-refractivity contribution < 1.29 is 9.21 Å². The van der Waals surface area contributed by atoms with Crippen molar-refractivity contribution in [1.82, 2.24) is 10.6 Å². The lowest BCUT2D eigenvalue weighted by molar-refractivity contribution is -0.130. The van der Waals surface area contributed by atoms with Crippen molar-refractivity contribution in [2.75, 3.05) is 13.1 Å². The first kappa shape index (κ1) is 11.2. The molecular weight excluding hydrogens is 204 g/mol. The first-order valence-corrected chi connectivity index (χ1v) is 5.67. The molecule has 1 saturated heterocycles. The Kier molecular flexibility index (Phi) is 3.01. The summed E-state index contributed by atoms with van der Waals surface area (Å²) in [4.78, 5) is 12.1. The van der Waals surface area contributed by atoms with Crippen molar-refractivity contribution in [2.45, 2.75) is 26.3 Å². The second-order valence-electron chi connectivity index (χ2n) is 4.70. The number of carbonyl (C=O) groups is 1. The predicted octanol–water partition coefficient (Wildman–Crippen LogP) is 1.46. The van der Waals surface area contributed by atoms with Crippen LogP contribution in [0.5, 0.6) is 0 Å². The maximum Gasteiger partial charge on any atom is 0.227 e. The van der Waals surface area contributed by atoms with Gasteiger partial charge in [0.25, 0.3) is 0 Å². The Morgan fingerprint density at radius 2 is 2.50 bits per heavy atom. The quantitative estimate of drug-likeness (QED) is 0.814. The molecule has 1 aliphatic heterocycles. The van der Waals surface area contributed by atoms with Gasteiger partial charge < -0.3 is 15.1 Å². The van der Waals surface area contributed by atoms with E-state index in [1.165, 1.54) is 0 Å². The highest BCUT2D eigenvalue weighted by atomic mass is 16.3. The van der Waals surface area contributed by atoms with Gasteiger partial charge in [-0.25, -0.2) is 0 Å². The predicted molar refractivity (Wildman–Crippen MR) is 60.9 cm³/mol. The maximum absolute atomic E-state index is 12.1. The molecule has 88 valence electrons. The topological polar surface area (TPSA) is 54.3 Å². The molecule has 0 radical (unpaired) electrons. The van der Waals surface area contributed by atoms with E-state index in [1.807, 2.05) is 26.0 Å². The van der Waals surface area contributed by atoms with Crippen molar-refractivity contribution in [1.29, 1.82) is 0 Å². The smallest absolute Gasteiger partial charge is 0.227 e. The largest absolute Gasteiger partial charge is 0.467 e. The summed E-state index contributed by atoms with van der Waals surface area (Å²) in [6.07, 6.45) is 2.51. The fourth-order valence-corrected chi connectivity index (χ4v) is 1.99.